The SMILES string of the molecule is CC(C)(C)C(=O)OCOP(=O)(/C=C/[C@@H]1CNC[C@H](n2ccc(=O)[nH]c2=O)O1)OCOC(=O)C(C)(C)C. The molecule has 2 atom stereocenters. The van der Waals surface area contributed by atoms with Gasteiger partial charge in [0.05, 0.1) is 16.9 Å². The van der Waals surface area contributed by atoms with Crippen LogP contribution in [0.3, 0.4) is 0 Å². The molecule has 2 heterocycles. The summed E-state index contributed by atoms with van der Waals surface area (Å²) in [5.74, 6) is -0.0508. The molecular weight excluding hydrogens is 497 g/mol. The van der Waals surface area contributed by atoms with Crippen molar-refractivity contribution in [2.75, 3.05) is 26.7 Å². The standard InChI is InChI=1S/C22H34N3O10P/c1-21(2,3)18(27)31-13-33-36(30,34-14-32-19(28)22(4,5)6)10-8-15-11-23-12-17(35-15)25-9-7-16(26)24-20(25)29/h7-10,15,17,23H,11-14H2,1-6H3,(H,24,26,29)/b10-8+/t15-,17-/m1/s1. The molecule has 14 heteroatoms. The molecular formula is C22H34N3O10P. The smallest absolute Gasteiger partial charge is 0.359 e. The minimum absolute atomic E-state index is 0.284. The number of morpholine rings is 1. The van der Waals surface area contributed by atoms with E-state index in [2.05, 4.69) is 10.3 Å². The summed E-state index contributed by atoms with van der Waals surface area (Å²) < 4.78 is 40.8. The van der Waals surface area contributed by atoms with Gasteiger partial charge in [0.25, 0.3) is 5.56 Å². The first-order valence-electron chi connectivity index (χ1n) is 11.2. The van der Waals surface area contributed by atoms with Crippen LogP contribution in [0.1, 0.15) is 47.8 Å². The number of ether oxygens (including phenoxy) is 3. The second-order valence-electron chi connectivity index (χ2n) is 10.0. The molecule has 2 rings (SSSR count). The first kappa shape index (κ1) is 29.7. The van der Waals surface area contributed by atoms with Gasteiger partial charge in [-0.3, -0.25) is 37.5 Å². The molecule has 13 nitrogen and oxygen atoms in total. The van der Waals surface area contributed by atoms with Gasteiger partial charge >= 0.3 is 25.2 Å². The Morgan fingerprint density at radius 3 is 2.11 bits per heavy atom. The summed E-state index contributed by atoms with van der Waals surface area (Å²) in [6.45, 7) is 9.15. The van der Waals surface area contributed by atoms with Gasteiger partial charge in [0.15, 0.2) is 6.23 Å². The molecule has 0 radical (unpaired) electrons. The Morgan fingerprint density at radius 1 is 1.06 bits per heavy atom. The second kappa shape index (κ2) is 12.1. The Hall–Kier alpha value is -2.57. The van der Waals surface area contributed by atoms with Crippen LogP contribution in [0.25, 0.3) is 0 Å². The van der Waals surface area contributed by atoms with E-state index in [1.54, 1.807) is 41.5 Å². The van der Waals surface area contributed by atoms with Crippen molar-refractivity contribution in [2.24, 2.45) is 10.8 Å². The van der Waals surface area contributed by atoms with Gasteiger partial charge in [-0.15, -0.1) is 0 Å². The van der Waals surface area contributed by atoms with Crippen LogP contribution in [-0.4, -0.2) is 54.3 Å². The van der Waals surface area contributed by atoms with E-state index in [1.165, 1.54) is 22.9 Å². The van der Waals surface area contributed by atoms with E-state index in [1.807, 2.05) is 0 Å². The van der Waals surface area contributed by atoms with Crippen molar-refractivity contribution in [3.8, 4) is 0 Å². The molecule has 0 bridgehead atoms. The van der Waals surface area contributed by atoms with Crippen LogP contribution in [-0.2, 0) is 37.4 Å². The maximum atomic E-state index is 13.3. The Morgan fingerprint density at radius 2 is 1.61 bits per heavy atom. The van der Waals surface area contributed by atoms with Gasteiger partial charge in [-0.05, 0) is 47.6 Å². The third kappa shape index (κ3) is 9.14. The lowest BCUT2D eigenvalue weighted by atomic mass is 9.98. The quantitative estimate of drug-likeness (QED) is 0.271. The number of nitrogens with one attached hydrogen (secondary N) is 2. The van der Waals surface area contributed by atoms with Gasteiger partial charge in [-0.1, -0.05) is 0 Å². The second-order valence-corrected chi connectivity index (χ2v) is 11.9. The van der Waals surface area contributed by atoms with Gasteiger partial charge in [0, 0.05) is 31.2 Å². The Balaban J connectivity index is 2.10. The summed E-state index contributed by atoms with van der Waals surface area (Å²) in [6, 6.07) is 1.19. The first-order valence-corrected chi connectivity index (χ1v) is 12.8. The summed E-state index contributed by atoms with van der Waals surface area (Å²) in [5.41, 5.74) is -2.78. The van der Waals surface area contributed by atoms with Crippen LogP contribution in [0.5, 0.6) is 0 Å². The monoisotopic (exact) mass is 531 g/mol. The zero-order valence-corrected chi connectivity index (χ0v) is 22.2. The molecule has 0 unspecified atom stereocenters. The summed E-state index contributed by atoms with van der Waals surface area (Å²) >= 11 is 0. The van der Waals surface area contributed by atoms with Crippen LogP contribution in [0, 0.1) is 10.8 Å². The van der Waals surface area contributed by atoms with E-state index < -0.39 is 67.5 Å². The number of aromatic amines is 1. The van der Waals surface area contributed by atoms with E-state index in [4.69, 9.17) is 23.3 Å². The number of carbonyl (C=O) groups is 2. The number of hydrogen-bond donors (Lipinski definition) is 2. The number of H-pyrrole nitrogens is 1. The summed E-state index contributed by atoms with van der Waals surface area (Å²) in [4.78, 5) is 49.5. The van der Waals surface area contributed by atoms with Crippen molar-refractivity contribution in [3.05, 3.63) is 45.0 Å². The van der Waals surface area contributed by atoms with Crippen LogP contribution in [0.2, 0.25) is 0 Å². The Bertz CT molecular complexity index is 1080. The molecule has 1 aromatic heterocycles. The van der Waals surface area contributed by atoms with E-state index in [0.29, 0.717) is 6.54 Å². The summed E-state index contributed by atoms with van der Waals surface area (Å²) in [6.07, 6.45) is 1.29. The lowest BCUT2D eigenvalue weighted by molar-refractivity contribution is -0.161. The minimum Gasteiger partial charge on any atom is -0.438 e. The molecule has 1 aromatic rings. The third-order valence-corrected chi connectivity index (χ3v) is 6.18. The number of esters is 2. The van der Waals surface area contributed by atoms with Gasteiger partial charge < -0.3 is 19.5 Å². The van der Waals surface area contributed by atoms with Crippen LogP contribution >= 0.6 is 7.60 Å². The molecule has 36 heavy (non-hydrogen) atoms. The molecule has 1 saturated heterocycles. The van der Waals surface area contributed by atoms with Crippen LogP contribution < -0.4 is 16.6 Å². The molecule has 202 valence electrons. The highest BCUT2D eigenvalue weighted by atomic mass is 31.2. The van der Waals surface area contributed by atoms with E-state index in [0.717, 1.165) is 5.82 Å². The number of rotatable bonds is 9. The topological polar surface area (TPSA) is 164 Å². The van der Waals surface area contributed by atoms with Crippen molar-refractivity contribution >= 4 is 19.5 Å². The molecule has 1 aliphatic heterocycles. The third-order valence-electron chi connectivity index (χ3n) is 4.71. The number of carbonyl (C=O) groups excluding carboxylic acids is 2. The van der Waals surface area contributed by atoms with Crippen LogP contribution in [0.15, 0.2) is 33.7 Å². The molecule has 1 fully saturated rings. The van der Waals surface area contributed by atoms with Crippen molar-refractivity contribution in [1.82, 2.24) is 14.9 Å². The Labute approximate surface area is 208 Å². The zero-order valence-electron chi connectivity index (χ0n) is 21.3. The van der Waals surface area contributed by atoms with E-state index in [9.17, 15) is 23.7 Å². The van der Waals surface area contributed by atoms with Gasteiger partial charge in [0.2, 0.25) is 13.6 Å². The molecule has 0 spiro atoms. The van der Waals surface area contributed by atoms with Crippen molar-refractivity contribution in [1.29, 1.82) is 0 Å². The van der Waals surface area contributed by atoms with Gasteiger partial charge in [0.1, 0.15) is 0 Å². The average molecular weight is 531 g/mol. The molecule has 2 N–H and O–H groups in total. The number of nitrogens with zero attached hydrogens (tertiary/aromatic N) is 1. The summed E-state index contributed by atoms with van der Waals surface area (Å²) in [7, 11) is -4.07. The van der Waals surface area contributed by atoms with Gasteiger partial charge in [-0.25, -0.2) is 4.79 Å². The van der Waals surface area contributed by atoms with Crippen molar-refractivity contribution < 1.29 is 37.4 Å². The van der Waals surface area contributed by atoms with E-state index in [-0.39, 0.29) is 6.54 Å². The van der Waals surface area contributed by atoms with Gasteiger partial charge in [-0.2, -0.15) is 0 Å². The summed E-state index contributed by atoms with van der Waals surface area (Å²) in [5, 5.41) is 3.07. The highest BCUT2D eigenvalue weighted by Crippen LogP contribution is 2.50. The number of hydrogen-bond acceptors (Lipinski definition) is 11. The number of aromatic nitrogens is 2. The fourth-order valence-corrected chi connectivity index (χ4v) is 3.69. The first-order chi connectivity index (χ1) is 16.6. The lowest BCUT2D eigenvalue weighted by Crippen LogP contribution is -2.45. The molecule has 1 aliphatic rings. The zero-order chi connectivity index (χ0) is 27.1. The average Bonchev–Trinajstić information content (AvgIpc) is 2.76. The largest absolute Gasteiger partial charge is 0.438 e. The maximum absolute atomic E-state index is 13.3. The minimum atomic E-state index is -4.07. The Kier molecular flexibility index (Phi) is 9.98. The lowest BCUT2D eigenvalue weighted by Gasteiger charge is -2.30. The predicted octanol–water partition coefficient (Wildman–Crippen LogP) is 1.86. The fourth-order valence-electron chi connectivity index (χ4n) is 2.64. The van der Waals surface area contributed by atoms with Crippen molar-refractivity contribution in [3.63, 3.8) is 0 Å². The molecule has 0 aromatic carbocycles. The molecule has 0 amide bonds. The van der Waals surface area contributed by atoms with Crippen LogP contribution in [0.4, 0.5) is 0 Å². The van der Waals surface area contributed by atoms with Crippen molar-refractivity contribution in [2.45, 2.75) is 53.9 Å². The fraction of sp³-hybridized carbons (Fsp3) is 0.636. The molecule has 0 saturated carbocycles. The highest BCUT2D eigenvalue weighted by Gasteiger charge is 2.29. The highest BCUT2D eigenvalue weighted by molar-refractivity contribution is 7.57. The molecule has 0 aliphatic carbocycles. The van der Waals surface area contributed by atoms with E-state index >= 15 is 0 Å². The maximum Gasteiger partial charge on any atom is 0.359 e. The predicted molar refractivity (Wildman–Crippen MR) is 128 cm³/mol. The normalized spacial score (nSPS) is 19.3.